The summed E-state index contributed by atoms with van der Waals surface area (Å²) in [7, 11) is -3.83. The highest BCUT2D eigenvalue weighted by Gasteiger charge is 2.24. The van der Waals surface area contributed by atoms with E-state index in [0.717, 1.165) is 16.7 Å². The molecule has 0 aliphatic rings. The number of Topliss-reactive ketones (excluding diaryl/α,β-unsaturated/α-hetero) is 1. The number of anilines is 1. The van der Waals surface area contributed by atoms with Gasteiger partial charge in [0, 0.05) is 24.7 Å². The lowest BCUT2D eigenvalue weighted by atomic mass is 9.95. The van der Waals surface area contributed by atoms with E-state index >= 15 is 0 Å². The summed E-state index contributed by atoms with van der Waals surface area (Å²) < 4.78 is 33.5. The Morgan fingerprint density at radius 2 is 1.38 bits per heavy atom. The molecule has 0 fully saturated rings. The van der Waals surface area contributed by atoms with Crippen molar-refractivity contribution in [3.05, 3.63) is 57.6 Å². The van der Waals surface area contributed by atoms with Crippen molar-refractivity contribution in [3.8, 4) is 0 Å². The smallest absolute Gasteiger partial charge is 0.307 e. The Hall–Kier alpha value is -3.04. The molecule has 2 N–H and O–H groups in total. The summed E-state index contributed by atoms with van der Waals surface area (Å²) in [6.45, 7) is 12.0. The maximum absolute atomic E-state index is 12.9. The number of sulfonamides is 1. The number of benzene rings is 2. The van der Waals surface area contributed by atoms with Gasteiger partial charge in [0.15, 0.2) is 6.10 Å². The Kier molecular flexibility index (Phi) is 8.74. The summed E-state index contributed by atoms with van der Waals surface area (Å²) in [5.41, 5.74) is 5.12. The maximum Gasteiger partial charge on any atom is 0.307 e. The summed E-state index contributed by atoms with van der Waals surface area (Å²) >= 11 is 0. The van der Waals surface area contributed by atoms with Crippen molar-refractivity contribution < 1.29 is 27.5 Å². The minimum Gasteiger partial charge on any atom is -0.454 e. The standard InChI is InChI=1S/C25H32N2O6S/c1-14-15(2)17(4)25(18(5)16(14)3)34(31,32)26-13-12-23(29)33-19(6)24(30)21-8-10-22(11-9-21)27-20(7)28/h8-11,19,26H,12-13H2,1-7H3,(H,27,28). The van der Waals surface area contributed by atoms with E-state index < -0.39 is 27.9 Å². The molecule has 0 aliphatic carbocycles. The van der Waals surface area contributed by atoms with Crippen LogP contribution in [0.5, 0.6) is 0 Å². The minimum absolute atomic E-state index is 0.154. The average molecular weight is 489 g/mol. The average Bonchev–Trinajstić information content (AvgIpc) is 2.75. The number of hydrogen-bond donors (Lipinski definition) is 2. The third-order valence-electron chi connectivity index (χ3n) is 5.99. The number of amides is 1. The van der Waals surface area contributed by atoms with Crippen molar-refractivity contribution in [1.82, 2.24) is 4.72 Å². The van der Waals surface area contributed by atoms with Gasteiger partial charge in [-0.05, 0) is 93.6 Å². The minimum atomic E-state index is -3.83. The lowest BCUT2D eigenvalue weighted by Crippen LogP contribution is -2.30. The molecular weight excluding hydrogens is 456 g/mol. The van der Waals surface area contributed by atoms with Crippen LogP contribution in [0.15, 0.2) is 29.2 Å². The molecule has 0 spiro atoms. The molecule has 0 aliphatic heterocycles. The maximum atomic E-state index is 12.9. The Labute approximate surface area is 201 Å². The highest BCUT2D eigenvalue weighted by atomic mass is 32.2. The van der Waals surface area contributed by atoms with Gasteiger partial charge in [-0.1, -0.05) is 0 Å². The number of ether oxygens (including phenoxy) is 1. The third-order valence-corrected chi connectivity index (χ3v) is 7.72. The van der Waals surface area contributed by atoms with Crippen LogP contribution < -0.4 is 10.0 Å². The van der Waals surface area contributed by atoms with E-state index in [9.17, 15) is 22.8 Å². The molecule has 0 saturated carbocycles. The van der Waals surface area contributed by atoms with Crippen LogP contribution in [0, 0.1) is 34.6 Å². The van der Waals surface area contributed by atoms with Crippen LogP contribution in [0.4, 0.5) is 5.69 Å². The van der Waals surface area contributed by atoms with Gasteiger partial charge in [-0.25, -0.2) is 13.1 Å². The quantitative estimate of drug-likeness (QED) is 0.411. The van der Waals surface area contributed by atoms with Crippen LogP contribution in [-0.4, -0.2) is 38.7 Å². The predicted octanol–water partition coefficient (Wildman–Crippen LogP) is 3.67. The van der Waals surface area contributed by atoms with Crippen molar-refractivity contribution in [1.29, 1.82) is 0 Å². The summed E-state index contributed by atoms with van der Waals surface area (Å²) in [6, 6.07) is 6.22. The van der Waals surface area contributed by atoms with E-state index in [2.05, 4.69) is 10.0 Å². The highest BCUT2D eigenvalue weighted by molar-refractivity contribution is 7.89. The molecule has 2 aromatic rings. The molecule has 0 aromatic heterocycles. The fraction of sp³-hybridized carbons (Fsp3) is 0.400. The zero-order valence-electron chi connectivity index (χ0n) is 20.7. The SMILES string of the molecule is CC(=O)Nc1ccc(C(=O)C(C)OC(=O)CCNS(=O)(=O)c2c(C)c(C)c(C)c(C)c2C)cc1. The van der Waals surface area contributed by atoms with Crippen LogP contribution in [-0.2, 0) is 24.3 Å². The number of esters is 1. The number of nitrogens with one attached hydrogen (secondary N) is 2. The fourth-order valence-corrected chi connectivity index (χ4v) is 5.32. The van der Waals surface area contributed by atoms with E-state index in [1.807, 2.05) is 20.8 Å². The van der Waals surface area contributed by atoms with Crippen molar-refractivity contribution in [2.24, 2.45) is 0 Å². The van der Waals surface area contributed by atoms with E-state index in [4.69, 9.17) is 4.74 Å². The molecule has 9 heteroatoms. The number of ketones is 1. The van der Waals surface area contributed by atoms with Gasteiger partial charge in [-0.2, -0.15) is 0 Å². The van der Waals surface area contributed by atoms with Gasteiger partial charge < -0.3 is 10.1 Å². The Bertz CT molecular complexity index is 1190. The van der Waals surface area contributed by atoms with Gasteiger partial charge in [-0.15, -0.1) is 0 Å². The first-order chi connectivity index (χ1) is 15.8. The summed E-state index contributed by atoms with van der Waals surface area (Å²) in [4.78, 5) is 36.1. The van der Waals surface area contributed by atoms with E-state index in [0.29, 0.717) is 22.4 Å². The van der Waals surface area contributed by atoms with Gasteiger partial charge in [0.2, 0.25) is 21.7 Å². The number of hydrogen-bond acceptors (Lipinski definition) is 6. The Morgan fingerprint density at radius 1 is 0.882 bits per heavy atom. The van der Waals surface area contributed by atoms with Crippen molar-refractivity contribution >= 4 is 33.4 Å². The van der Waals surface area contributed by atoms with Gasteiger partial charge in [0.25, 0.3) is 0 Å². The number of rotatable bonds is 9. The normalized spacial score (nSPS) is 12.2. The molecular formula is C25H32N2O6S. The van der Waals surface area contributed by atoms with Crippen LogP contribution >= 0.6 is 0 Å². The molecule has 0 heterocycles. The Morgan fingerprint density at radius 3 is 1.88 bits per heavy atom. The highest BCUT2D eigenvalue weighted by Crippen LogP contribution is 2.29. The van der Waals surface area contributed by atoms with Gasteiger partial charge in [0.1, 0.15) is 0 Å². The molecule has 0 bridgehead atoms. The van der Waals surface area contributed by atoms with Crippen molar-refractivity contribution in [3.63, 3.8) is 0 Å². The monoisotopic (exact) mass is 488 g/mol. The fourth-order valence-electron chi connectivity index (χ4n) is 3.69. The van der Waals surface area contributed by atoms with E-state index in [1.54, 1.807) is 26.0 Å². The first kappa shape index (κ1) is 27.2. The molecule has 1 atom stereocenters. The van der Waals surface area contributed by atoms with Crippen LogP contribution in [0.25, 0.3) is 0 Å². The van der Waals surface area contributed by atoms with Gasteiger partial charge in [0.05, 0.1) is 11.3 Å². The molecule has 184 valence electrons. The van der Waals surface area contributed by atoms with Crippen molar-refractivity contribution in [2.45, 2.75) is 65.9 Å². The van der Waals surface area contributed by atoms with Crippen molar-refractivity contribution in [2.75, 3.05) is 11.9 Å². The van der Waals surface area contributed by atoms with E-state index in [1.165, 1.54) is 26.0 Å². The largest absolute Gasteiger partial charge is 0.454 e. The summed E-state index contributed by atoms with van der Waals surface area (Å²) in [5, 5.41) is 2.60. The molecule has 2 aromatic carbocycles. The molecule has 8 nitrogen and oxygen atoms in total. The lowest BCUT2D eigenvalue weighted by molar-refractivity contribution is -0.146. The third kappa shape index (κ3) is 6.30. The van der Waals surface area contributed by atoms with Crippen LogP contribution in [0.3, 0.4) is 0 Å². The summed E-state index contributed by atoms with van der Waals surface area (Å²) in [6.07, 6.45) is -1.26. The molecule has 1 amide bonds. The zero-order valence-corrected chi connectivity index (χ0v) is 21.5. The number of carbonyl (C=O) groups is 3. The molecule has 0 radical (unpaired) electrons. The summed E-state index contributed by atoms with van der Waals surface area (Å²) in [5.74, 6) is -1.32. The van der Waals surface area contributed by atoms with E-state index in [-0.39, 0.29) is 23.8 Å². The first-order valence-corrected chi connectivity index (χ1v) is 12.4. The lowest BCUT2D eigenvalue weighted by Gasteiger charge is -2.19. The van der Waals surface area contributed by atoms with Crippen LogP contribution in [0.1, 0.15) is 58.4 Å². The second kappa shape index (κ2) is 10.9. The molecule has 0 saturated heterocycles. The van der Waals surface area contributed by atoms with Gasteiger partial charge in [-0.3, -0.25) is 14.4 Å². The Balaban J connectivity index is 1.98. The van der Waals surface area contributed by atoms with Gasteiger partial charge >= 0.3 is 5.97 Å². The van der Waals surface area contributed by atoms with Crippen LogP contribution in [0.2, 0.25) is 0 Å². The topological polar surface area (TPSA) is 119 Å². The molecule has 34 heavy (non-hydrogen) atoms. The number of carbonyl (C=O) groups excluding carboxylic acids is 3. The first-order valence-electron chi connectivity index (χ1n) is 10.9. The predicted molar refractivity (Wildman–Crippen MR) is 131 cm³/mol. The second-order valence-corrected chi connectivity index (χ2v) is 10.1. The zero-order chi connectivity index (χ0) is 25.8. The molecule has 2 rings (SSSR count). The second-order valence-electron chi connectivity index (χ2n) is 8.36. The molecule has 1 unspecified atom stereocenters.